The van der Waals surface area contributed by atoms with Crippen molar-refractivity contribution in [2.75, 3.05) is 6.54 Å². The Labute approximate surface area is 137 Å². The largest absolute Gasteiger partial charge is 0.481 e. The first-order chi connectivity index (χ1) is 10.4. The summed E-state index contributed by atoms with van der Waals surface area (Å²) in [6, 6.07) is 9.27. The van der Waals surface area contributed by atoms with E-state index in [1.165, 1.54) is 11.3 Å². The van der Waals surface area contributed by atoms with E-state index >= 15 is 0 Å². The molecular formula is C16H16ClNO3S. The molecule has 1 atom stereocenters. The molecule has 0 saturated carbocycles. The van der Waals surface area contributed by atoms with Crippen LogP contribution in [0.4, 0.5) is 0 Å². The van der Waals surface area contributed by atoms with Crippen LogP contribution < -0.4 is 5.32 Å². The second kappa shape index (κ2) is 6.94. The van der Waals surface area contributed by atoms with Crippen molar-refractivity contribution in [3.05, 3.63) is 45.8 Å². The van der Waals surface area contributed by atoms with Gasteiger partial charge in [0.15, 0.2) is 0 Å². The molecule has 2 rings (SSSR count). The summed E-state index contributed by atoms with van der Waals surface area (Å²) in [5.41, 5.74) is 1.96. The lowest BCUT2D eigenvalue weighted by Crippen LogP contribution is -2.30. The third-order valence-electron chi connectivity index (χ3n) is 3.22. The molecule has 0 bridgehead atoms. The van der Waals surface area contributed by atoms with Crippen LogP contribution in [0.1, 0.15) is 22.2 Å². The zero-order chi connectivity index (χ0) is 16.3. The van der Waals surface area contributed by atoms with E-state index in [4.69, 9.17) is 16.7 Å². The van der Waals surface area contributed by atoms with Gasteiger partial charge in [0.25, 0.3) is 5.91 Å². The SMILES string of the molecule is Cc1cc(C(=O)NCC(C)C(=O)O)sc1-c1cccc(Cl)c1. The fourth-order valence-corrected chi connectivity index (χ4v) is 3.21. The number of aliphatic carboxylic acids is 1. The number of hydrogen-bond donors (Lipinski definition) is 2. The lowest BCUT2D eigenvalue weighted by Gasteiger charge is -2.06. The Balaban J connectivity index is 2.16. The monoisotopic (exact) mass is 337 g/mol. The average molecular weight is 338 g/mol. The van der Waals surface area contributed by atoms with Crippen LogP contribution in [0.3, 0.4) is 0 Å². The minimum Gasteiger partial charge on any atom is -0.481 e. The molecular weight excluding hydrogens is 322 g/mol. The minimum absolute atomic E-state index is 0.109. The minimum atomic E-state index is -0.928. The van der Waals surface area contributed by atoms with Crippen molar-refractivity contribution >= 4 is 34.8 Å². The van der Waals surface area contributed by atoms with Crippen molar-refractivity contribution < 1.29 is 14.7 Å². The molecule has 0 spiro atoms. The van der Waals surface area contributed by atoms with E-state index in [1.807, 2.05) is 31.2 Å². The van der Waals surface area contributed by atoms with Gasteiger partial charge in [0, 0.05) is 16.4 Å². The van der Waals surface area contributed by atoms with Gasteiger partial charge in [-0.15, -0.1) is 11.3 Å². The third kappa shape index (κ3) is 3.87. The molecule has 0 saturated heterocycles. The molecule has 0 aliphatic heterocycles. The highest BCUT2D eigenvalue weighted by Gasteiger charge is 2.16. The number of amides is 1. The van der Waals surface area contributed by atoms with Crippen LogP contribution in [-0.2, 0) is 4.79 Å². The van der Waals surface area contributed by atoms with Gasteiger partial charge in [-0.3, -0.25) is 9.59 Å². The Morgan fingerprint density at radius 2 is 2.09 bits per heavy atom. The predicted molar refractivity (Wildman–Crippen MR) is 88.6 cm³/mol. The van der Waals surface area contributed by atoms with Crippen molar-refractivity contribution in [3.8, 4) is 10.4 Å². The summed E-state index contributed by atoms with van der Waals surface area (Å²) in [6.07, 6.45) is 0. The first-order valence-corrected chi connectivity index (χ1v) is 7.95. The van der Waals surface area contributed by atoms with Crippen LogP contribution in [0.2, 0.25) is 5.02 Å². The number of nitrogens with one attached hydrogen (secondary N) is 1. The Morgan fingerprint density at radius 1 is 1.36 bits per heavy atom. The summed E-state index contributed by atoms with van der Waals surface area (Å²) in [7, 11) is 0. The maximum Gasteiger partial charge on any atom is 0.308 e. The van der Waals surface area contributed by atoms with Crippen LogP contribution >= 0.6 is 22.9 Å². The molecule has 22 heavy (non-hydrogen) atoms. The zero-order valence-corrected chi connectivity index (χ0v) is 13.8. The number of hydrogen-bond acceptors (Lipinski definition) is 3. The topological polar surface area (TPSA) is 66.4 Å². The summed E-state index contributed by atoms with van der Waals surface area (Å²) >= 11 is 7.37. The molecule has 1 unspecified atom stereocenters. The maximum atomic E-state index is 12.1. The van der Waals surface area contributed by atoms with Crippen molar-refractivity contribution in [2.24, 2.45) is 5.92 Å². The van der Waals surface area contributed by atoms with Gasteiger partial charge in [0.2, 0.25) is 0 Å². The Bertz CT molecular complexity index is 711. The van der Waals surface area contributed by atoms with Crippen molar-refractivity contribution in [2.45, 2.75) is 13.8 Å². The Hall–Kier alpha value is -1.85. The first kappa shape index (κ1) is 16.5. The fraction of sp³-hybridized carbons (Fsp3) is 0.250. The number of thiophene rings is 1. The van der Waals surface area contributed by atoms with E-state index in [-0.39, 0.29) is 12.5 Å². The lowest BCUT2D eigenvalue weighted by atomic mass is 10.1. The zero-order valence-electron chi connectivity index (χ0n) is 12.2. The smallest absolute Gasteiger partial charge is 0.308 e. The van der Waals surface area contributed by atoms with Crippen molar-refractivity contribution in [3.63, 3.8) is 0 Å². The number of carbonyl (C=O) groups excluding carboxylic acids is 1. The van der Waals surface area contributed by atoms with Crippen LogP contribution in [0, 0.1) is 12.8 Å². The van der Waals surface area contributed by atoms with E-state index in [0.717, 1.165) is 16.0 Å². The second-order valence-electron chi connectivity index (χ2n) is 5.08. The number of benzene rings is 1. The van der Waals surface area contributed by atoms with Gasteiger partial charge in [-0.2, -0.15) is 0 Å². The quantitative estimate of drug-likeness (QED) is 0.871. The van der Waals surface area contributed by atoms with Crippen LogP contribution in [-0.4, -0.2) is 23.5 Å². The fourth-order valence-electron chi connectivity index (χ4n) is 1.93. The molecule has 0 aliphatic rings. The molecule has 1 aromatic carbocycles. The van der Waals surface area contributed by atoms with Gasteiger partial charge in [-0.25, -0.2) is 0 Å². The molecule has 2 aromatic rings. The van der Waals surface area contributed by atoms with E-state index in [9.17, 15) is 9.59 Å². The highest BCUT2D eigenvalue weighted by atomic mass is 35.5. The number of carboxylic acids is 1. The molecule has 116 valence electrons. The Kier molecular flexibility index (Phi) is 5.21. The molecule has 0 fully saturated rings. The molecule has 4 nitrogen and oxygen atoms in total. The average Bonchev–Trinajstić information content (AvgIpc) is 2.86. The molecule has 0 radical (unpaired) electrons. The van der Waals surface area contributed by atoms with Gasteiger partial charge in [-0.1, -0.05) is 30.7 Å². The summed E-state index contributed by atoms with van der Waals surface area (Å²) < 4.78 is 0. The number of aryl methyl sites for hydroxylation is 1. The Morgan fingerprint density at radius 3 is 2.73 bits per heavy atom. The van der Waals surface area contributed by atoms with Crippen LogP contribution in [0.5, 0.6) is 0 Å². The number of halogens is 1. The molecule has 0 aliphatic carbocycles. The molecule has 1 heterocycles. The number of carboxylic acid groups (broad SMARTS) is 1. The van der Waals surface area contributed by atoms with Gasteiger partial charge in [-0.05, 0) is 36.2 Å². The van der Waals surface area contributed by atoms with Crippen molar-refractivity contribution in [1.82, 2.24) is 5.32 Å². The molecule has 2 N–H and O–H groups in total. The molecule has 6 heteroatoms. The third-order valence-corrected chi connectivity index (χ3v) is 4.74. The van der Waals surface area contributed by atoms with E-state index < -0.39 is 11.9 Å². The van der Waals surface area contributed by atoms with Crippen molar-refractivity contribution in [1.29, 1.82) is 0 Å². The summed E-state index contributed by atoms with van der Waals surface area (Å²) in [5, 5.41) is 12.1. The van der Waals surface area contributed by atoms with Crippen LogP contribution in [0.15, 0.2) is 30.3 Å². The first-order valence-electron chi connectivity index (χ1n) is 6.76. The summed E-state index contributed by atoms with van der Waals surface area (Å²) in [6.45, 7) is 3.60. The highest BCUT2D eigenvalue weighted by Crippen LogP contribution is 2.33. The van der Waals surface area contributed by atoms with E-state index in [0.29, 0.717) is 9.90 Å². The van der Waals surface area contributed by atoms with Gasteiger partial charge >= 0.3 is 5.97 Å². The summed E-state index contributed by atoms with van der Waals surface area (Å²) in [5.74, 6) is -1.80. The number of carbonyl (C=O) groups is 2. The molecule has 1 aromatic heterocycles. The summed E-state index contributed by atoms with van der Waals surface area (Å²) in [4.78, 5) is 24.4. The van der Waals surface area contributed by atoms with E-state index in [1.54, 1.807) is 13.0 Å². The molecule has 1 amide bonds. The van der Waals surface area contributed by atoms with Crippen LogP contribution in [0.25, 0.3) is 10.4 Å². The highest BCUT2D eigenvalue weighted by molar-refractivity contribution is 7.17. The van der Waals surface area contributed by atoms with Gasteiger partial charge < -0.3 is 10.4 Å². The second-order valence-corrected chi connectivity index (χ2v) is 6.57. The van der Waals surface area contributed by atoms with Gasteiger partial charge in [0.1, 0.15) is 0 Å². The normalized spacial score (nSPS) is 12.0. The van der Waals surface area contributed by atoms with E-state index in [2.05, 4.69) is 5.32 Å². The number of rotatable bonds is 5. The standard InChI is InChI=1S/C16H16ClNO3S/c1-9-6-13(15(19)18-8-10(2)16(20)21)22-14(9)11-4-3-5-12(17)7-11/h3-7,10H,8H2,1-2H3,(H,18,19)(H,20,21). The maximum absolute atomic E-state index is 12.1. The lowest BCUT2D eigenvalue weighted by molar-refractivity contribution is -0.140. The van der Waals surface area contributed by atoms with Gasteiger partial charge in [0.05, 0.1) is 10.8 Å². The predicted octanol–water partition coefficient (Wildman–Crippen LogP) is 3.83.